The molecule has 0 aliphatic carbocycles. The molecule has 0 heterocycles. The van der Waals surface area contributed by atoms with Crippen LogP contribution in [0.15, 0.2) is 30.3 Å². The monoisotopic (exact) mass is 329 g/mol. The summed E-state index contributed by atoms with van der Waals surface area (Å²) >= 11 is 0. The van der Waals surface area contributed by atoms with Crippen molar-refractivity contribution in [1.29, 1.82) is 0 Å². The maximum absolute atomic E-state index is 9.90. The molecule has 4 atom stereocenters. The first-order valence-electron chi connectivity index (χ1n) is 7.79. The third-order valence-corrected chi connectivity index (χ3v) is 3.49. The van der Waals surface area contributed by atoms with Gasteiger partial charge in [0.25, 0.3) is 0 Å². The first kappa shape index (κ1) is 19.8. The van der Waals surface area contributed by atoms with Crippen LogP contribution in [0.5, 0.6) is 0 Å². The second kappa shape index (κ2) is 10.5. The molecule has 0 aliphatic rings. The SMILES string of the molecule is CCCCN(OC[C@@H](O)[C@H](O)[C@@H](O)[C@@H](O)CO)c1ccccc1. The van der Waals surface area contributed by atoms with E-state index in [9.17, 15) is 20.4 Å². The van der Waals surface area contributed by atoms with Crippen LogP contribution in [0.25, 0.3) is 0 Å². The highest BCUT2D eigenvalue weighted by molar-refractivity contribution is 5.43. The van der Waals surface area contributed by atoms with Crippen molar-refractivity contribution in [1.82, 2.24) is 0 Å². The fourth-order valence-corrected chi connectivity index (χ4v) is 1.99. The quantitative estimate of drug-likeness (QED) is 0.353. The molecule has 0 bridgehead atoms. The Morgan fingerprint density at radius 2 is 1.61 bits per heavy atom. The van der Waals surface area contributed by atoms with E-state index in [1.165, 1.54) is 0 Å². The van der Waals surface area contributed by atoms with E-state index in [1.807, 2.05) is 30.3 Å². The maximum atomic E-state index is 9.90. The summed E-state index contributed by atoms with van der Waals surface area (Å²) in [4.78, 5) is 5.54. The minimum absolute atomic E-state index is 0.255. The standard InChI is InChI=1S/C16H27NO6/c1-2-3-9-17(12-7-5-4-6-8-12)23-11-14(20)16(22)15(21)13(19)10-18/h4-8,13-16,18-22H,2-3,9-11H2,1H3/t13-,14+,15-,16-/m0/s1. The second-order valence-electron chi connectivity index (χ2n) is 5.39. The predicted octanol–water partition coefficient (Wildman–Crippen LogP) is -0.339. The van der Waals surface area contributed by atoms with Gasteiger partial charge in [-0.3, -0.25) is 9.90 Å². The van der Waals surface area contributed by atoms with Gasteiger partial charge in [-0.25, -0.2) is 0 Å². The molecule has 1 rings (SSSR count). The third kappa shape index (κ3) is 6.42. The van der Waals surface area contributed by atoms with Gasteiger partial charge in [0.2, 0.25) is 0 Å². The van der Waals surface area contributed by atoms with Crippen LogP contribution in [-0.2, 0) is 4.84 Å². The Balaban J connectivity index is 2.59. The smallest absolute Gasteiger partial charge is 0.111 e. The Morgan fingerprint density at radius 1 is 1.00 bits per heavy atom. The zero-order chi connectivity index (χ0) is 17.2. The number of nitrogens with zero attached hydrogens (tertiary/aromatic N) is 1. The van der Waals surface area contributed by atoms with Gasteiger partial charge in [0.15, 0.2) is 0 Å². The molecule has 0 saturated heterocycles. The number of benzene rings is 1. The van der Waals surface area contributed by atoms with E-state index in [0.29, 0.717) is 6.54 Å². The number of hydrogen-bond donors (Lipinski definition) is 5. The molecule has 0 aliphatic heterocycles. The average Bonchev–Trinajstić information content (AvgIpc) is 2.60. The number of hydrogen-bond acceptors (Lipinski definition) is 7. The second-order valence-corrected chi connectivity index (χ2v) is 5.39. The van der Waals surface area contributed by atoms with Crippen LogP contribution >= 0.6 is 0 Å². The highest BCUT2D eigenvalue weighted by atomic mass is 16.7. The third-order valence-electron chi connectivity index (χ3n) is 3.49. The molecule has 7 heteroatoms. The summed E-state index contributed by atoms with van der Waals surface area (Å²) in [5.41, 5.74) is 0.818. The molecule has 0 amide bonds. The predicted molar refractivity (Wildman–Crippen MR) is 85.8 cm³/mol. The van der Waals surface area contributed by atoms with Crippen molar-refractivity contribution >= 4 is 5.69 Å². The van der Waals surface area contributed by atoms with Gasteiger partial charge in [-0.15, -0.1) is 0 Å². The minimum Gasteiger partial charge on any atom is -0.394 e. The van der Waals surface area contributed by atoms with E-state index >= 15 is 0 Å². The van der Waals surface area contributed by atoms with Crippen LogP contribution < -0.4 is 5.06 Å². The average molecular weight is 329 g/mol. The Kier molecular flexibility index (Phi) is 9.08. The van der Waals surface area contributed by atoms with E-state index in [4.69, 9.17) is 9.94 Å². The van der Waals surface area contributed by atoms with Gasteiger partial charge in [-0.05, 0) is 18.6 Å². The summed E-state index contributed by atoms with van der Waals surface area (Å²) < 4.78 is 0. The molecule has 7 nitrogen and oxygen atoms in total. The Morgan fingerprint density at radius 3 is 2.17 bits per heavy atom. The molecule has 1 aromatic rings. The van der Waals surface area contributed by atoms with Crippen LogP contribution in [0.4, 0.5) is 5.69 Å². The largest absolute Gasteiger partial charge is 0.394 e. The van der Waals surface area contributed by atoms with E-state index < -0.39 is 31.0 Å². The lowest BCUT2D eigenvalue weighted by Crippen LogP contribution is -2.48. The van der Waals surface area contributed by atoms with Crippen LogP contribution in [0, 0.1) is 0 Å². The van der Waals surface area contributed by atoms with Crippen LogP contribution in [0.3, 0.4) is 0 Å². The summed E-state index contributed by atoms with van der Waals surface area (Å²) in [6, 6.07) is 9.34. The number of anilines is 1. The fourth-order valence-electron chi connectivity index (χ4n) is 1.99. The van der Waals surface area contributed by atoms with Gasteiger partial charge in [0.1, 0.15) is 31.0 Å². The Bertz CT molecular complexity index is 418. The normalized spacial score (nSPS) is 16.6. The topological polar surface area (TPSA) is 114 Å². The summed E-state index contributed by atoms with van der Waals surface area (Å²) in [6.07, 6.45) is -4.34. The molecule has 132 valence electrons. The van der Waals surface area contributed by atoms with Crippen molar-refractivity contribution in [2.75, 3.05) is 24.8 Å². The van der Waals surface area contributed by atoms with Gasteiger partial charge in [0.05, 0.1) is 12.3 Å². The lowest BCUT2D eigenvalue weighted by atomic mass is 10.0. The number of para-hydroxylation sites is 1. The maximum Gasteiger partial charge on any atom is 0.111 e. The van der Waals surface area contributed by atoms with Crippen LogP contribution in [0.2, 0.25) is 0 Å². The lowest BCUT2D eigenvalue weighted by molar-refractivity contribution is -0.130. The number of aliphatic hydroxyl groups is 5. The molecule has 1 aromatic carbocycles. The van der Waals surface area contributed by atoms with Gasteiger partial charge in [-0.2, -0.15) is 0 Å². The molecule has 0 aromatic heterocycles. The highest BCUT2D eigenvalue weighted by Gasteiger charge is 2.30. The molecule has 0 unspecified atom stereocenters. The summed E-state index contributed by atoms with van der Waals surface area (Å²) in [5, 5.41) is 48.9. The minimum atomic E-state index is -1.65. The molecule has 5 N–H and O–H groups in total. The van der Waals surface area contributed by atoms with Gasteiger partial charge in [0, 0.05) is 6.54 Å². The van der Waals surface area contributed by atoms with E-state index in [1.54, 1.807) is 5.06 Å². The molecular formula is C16H27NO6. The van der Waals surface area contributed by atoms with Crippen molar-refractivity contribution in [2.45, 2.75) is 44.2 Å². The summed E-state index contributed by atoms with van der Waals surface area (Å²) in [5.74, 6) is 0. The van der Waals surface area contributed by atoms with E-state index in [-0.39, 0.29) is 6.61 Å². The Labute approximate surface area is 136 Å². The number of aliphatic hydroxyl groups excluding tert-OH is 5. The van der Waals surface area contributed by atoms with Gasteiger partial charge < -0.3 is 25.5 Å². The van der Waals surface area contributed by atoms with Crippen molar-refractivity contribution in [3.8, 4) is 0 Å². The van der Waals surface area contributed by atoms with E-state index in [0.717, 1.165) is 18.5 Å². The number of rotatable bonds is 11. The van der Waals surface area contributed by atoms with Gasteiger partial charge >= 0.3 is 0 Å². The van der Waals surface area contributed by atoms with Crippen molar-refractivity contribution in [2.24, 2.45) is 0 Å². The van der Waals surface area contributed by atoms with Crippen LogP contribution in [-0.4, -0.2) is 69.7 Å². The number of unbranched alkanes of at least 4 members (excludes halogenated alkanes) is 1. The molecule has 23 heavy (non-hydrogen) atoms. The molecule has 0 fully saturated rings. The first-order chi connectivity index (χ1) is 11.0. The first-order valence-corrected chi connectivity index (χ1v) is 7.79. The van der Waals surface area contributed by atoms with Gasteiger partial charge in [-0.1, -0.05) is 31.5 Å². The molecule has 0 saturated carbocycles. The molecule has 0 radical (unpaired) electrons. The zero-order valence-electron chi connectivity index (χ0n) is 13.3. The molecule has 0 spiro atoms. The summed E-state index contributed by atoms with van der Waals surface area (Å²) in [7, 11) is 0. The fraction of sp³-hybridized carbons (Fsp3) is 0.625. The number of hydroxylamine groups is 1. The van der Waals surface area contributed by atoms with Crippen molar-refractivity contribution in [3.05, 3.63) is 30.3 Å². The van der Waals surface area contributed by atoms with Crippen molar-refractivity contribution in [3.63, 3.8) is 0 Å². The van der Waals surface area contributed by atoms with Crippen molar-refractivity contribution < 1.29 is 30.4 Å². The Hall–Kier alpha value is -1.22. The lowest BCUT2D eigenvalue weighted by Gasteiger charge is -2.29. The van der Waals surface area contributed by atoms with E-state index in [2.05, 4.69) is 6.92 Å². The summed E-state index contributed by atoms with van der Waals surface area (Å²) in [6.45, 7) is 1.70. The molecular weight excluding hydrogens is 302 g/mol. The van der Waals surface area contributed by atoms with Crippen LogP contribution in [0.1, 0.15) is 19.8 Å². The highest BCUT2D eigenvalue weighted by Crippen LogP contribution is 2.15. The zero-order valence-corrected chi connectivity index (χ0v) is 13.3.